The first-order chi connectivity index (χ1) is 9.65. The van der Waals surface area contributed by atoms with Gasteiger partial charge in [0.15, 0.2) is 0 Å². The normalized spacial score (nSPS) is 18.3. The summed E-state index contributed by atoms with van der Waals surface area (Å²) >= 11 is 3.70. The van der Waals surface area contributed by atoms with Gasteiger partial charge in [-0.25, -0.2) is 0 Å². The molecule has 1 heterocycles. The van der Waals surface area contributed by atoms with E-state index >= 15 is 0 Å². The van der Waals surface area contributed by atoms with Crippen molar-refractivity contribution in [2.75, 3.05) is 31.6 Å². The molecule has 2 rings (SSSR count). The van der Waals surface area contributed by atoms with E-state index < -0.39 is 0 Å². The van der Waals surface area contributed by atoms with Crippen LogP contribution in [0.15, 0.2) is 22.7 Å². The number of benzene rings is 1. The fraction of sp³-hybridized carbons (Fsp3) is 0.625. The molecule has 1 saturated heterocycles. The molecule has 1 aliphatic rings. The van der Waals surface area contributed by atoms with Crippen LogP contribution in [0.3, 0.4) is 0 Å². The molecule has 0 aromatic heterocycles. The Balaban J connectivity index is 2.02. The van der Waals surface area contributed by atoms with Crippen molar-refractivity contribution in [3.05, 3.63) is 28.2 Å². The molecule has 0 amide bonds. The van der Waals surface area contributed by atoms with Crippen LogP contribution in [-0.2, 0) is 4.74 Å². The van der Waals surface area contributed by atoms with Gasteiger partial charge in [-0.15, -0.1) is 0 Å². The summed E-state index contributed by atoms with van der Waals surface area (Å²) in [5, 5.41) is 3.28. The molecule has 1 aromatic rings. The van der Waals surface area contributed by atoms with Crippen LogP contribution in [0.2, 0.25) is 0 Å². The van der Waals surface area contributed by atoms with Crippen molar-refractivity contribution in [2.45, 2.75) is 38.8 Å². The summed E-state index contributed by atoms with van der Waals surface area (Å²) in [6, 6.07) is 7.05. The van der Waals surface area contributed by atoms with Crippen LogP contribution in [0, 0.1) is 0 Å². The zero-order chi connectivity index (χ0) is 14.5. The van der Waals surface area contributed by atoms with Crippen LogP contribution < -0.4 is 10.2 Å². The second kappa shape index (κ2) is 7.43. The zero-order valence-electron chi connectivity index (χ0n) is 12.7. The topological polar surface area (TPSA) is 24.5 Å². The quantitative estimate of drug-likeness (QED) is 0.883. The molecular formula is C16H25BrN2O. The van der Waals surface area contributed by atoms with Crippen LogP contribution in [0.1, 0.15) is 38.3 Å². The first kappa shape index (κ1) is 15.8. The smallest absolute Gasteiger partial charge is 0.0608 e. The molecule has 4 heteroatoms. The Hall–Kier alpha value is -0.580. The maximum atomic E-state index is 5.71. The third kappa shape index (κ3) is 3.74. The largest absolute Gasteiger partial charge is 0.378 e. The SMILES string of the molecule is CCOC1CCN(c2ccc(C(C)NC)c(Br)c2)CC1. The van der Waals surface area contributed by atoms with Gasteiger partial charge >= 0.3 is 0 Å². The molecule has 0 bridgehead atoms. The van der Waals surface area contributed by atoms with Gasteiger partial charge in [0.1, 0.15) is 0 Å². The van der Waals surface area contributed by atoms with Crippen molar-refractivity contribution in [3.63, 3.8) is 0 Å². The molecule has 112 valence electrons. The van der Waals surface area contributed by atoms with E-state index in [0.29, 0.717) is 12.1 Å². The van der Waals surface area contributed by atoms with Crippen molar-refractivity contribution < 1.29 is 4.74 Å². The lowest BCUT2D eigenvalue weighted by atomic mass is 10.0. The number of ether oxygens (including phenoxy) is 1. The molecule has 1 atom stereocenters. The third-order valence-electron chi connectivity index (χ3n) is 4.09. The summed E-state index contributed by atoms with van der Waals surface area (Å²) in [5.74, 6) is 0. The summed E-state index contributed by atoms with van der Waals surface area (Å²) in [4.78, 5) is 2.45. The fourth-order valence-corrected chi connectivity index (χ4v) is 3.45. The van der Waals surface area contributed by atoms with E-state index in [2.05, 4.69) is 58.2 Å². The lowest BCUT2D eigenvalue weighted by molar-refractivity contribution is 0.0459. The molecule has 0 radical (unpaired) electrons. The Labute approximate surface area is 130 Å². The predicted molar refractivity (Wildman–Crippen MR) is 88.5 cm³/mol. The number of nitrogens with one attached hydrogen (secondary N) is 1. The Bertz CT molecular complexity index is 430. The molecular weight excluding hydrogens is 316 g/mol. The maximum Gasteiger partial charge on any atom is 0.0608 e. The second-order valence-electron chi connectivity index (χ2n) is 5.36. The van der Waals surface area contributed by atoms with Crippen LogP contribution in [-0.4, -0.2) is 32.8 Å². The monoisotopic (exact) mass is 340 g/mol. The Kier molecular flexibility index (Phi) is 5.87. The highest BCUT2D eigenvalue weighted by atomic mass is 79.9. The summed E-state index contributed by atoms with van der Waals surface area (Å²) < 4.78 is 6.90. The molecule has 0 aliphatic carbocycles. The first-order valence-corrected chi connectivity index (χ1v) is 8.28. The molecule has 1 unspecified atom stereocenters. The van der Waals surface area contributed by atoms with Gasteiger partial charge in [-0.2, -0.15) is 0 Å². The number of anilines is 1. The highest BCUT2D eigenvalue weighted by molar-refractivity contribution is 9.10. The van der Waals surface area contributed by atoms with Crippen LogP contribution in [0.25, 0.3) is 0 Å². The van der Waals surface area contributed by atoms with Crippen LogP contribution in [0.5, 0.6) is 0 Å². The lowest BCUT2D eigenvalue weighted by Crippen LogP contribution is -2.37. The standard InChI is InChI=1S/C16H25BrN2O/c1-4-20-14-7-9-19(10-8-14)13-5-6-15(12(2)18-3)16(17)11-13/h5-6,11-12,14,18H,4,7-10H2,1-3H3. The lowest BCUT2D eigenvalue weighted by Gasteiger charge is -2.33. The minimum atomic E-state index is 0.363. The zero-order valence-corrected chi connectivity index (χ0v) is 14.2. The molecule has 1 fully saturated rings. The van der Waals surface area contributed by atoms with E-state index in [0.717, 1.165) is 32.5 Å². The van der Waals surface area contributed by atoms with Gasteiger partial charge < -0.3 is 15.0 Å². The third-order valence-corrected chi connectivity index (χ3v) is 4.78. The minimum Gasteiger partial charge on any atom is -0.378 e. The summed E-state index contributed by atoms with van der Waals surface area (Å²) in [6.45, 7) is 7.24. The van der Waals surface area contributed by atoms with Crippen LogP contribution in [0.4, 0.5) is 5.69 Å². The number of halogens is 1. The maximum absolute atomic E-state index is 5.71. The highest BCUT2D eigenvalue weighted by Crippen LogP contribution is 2.29. The molecule has 0 saturated carbocycles. The Morgan fingerprint density at radius 2 is 2.10 bits per heavy atom. The number of nitrogens with zero attached hydrogens (tertiary/aromatic N) is 1. The number of hydrogen-bond donors (Lipinski definition) is 1. The van der Waals surface area contributed by atoms with E-state index in [-0.39, 0.29) is 0 Å². The Morgan fingerprint density at radius 3 is 2.65 bits per heavy atom. The average Bonchev–Trinajstić information content (AvgIpc) is 2.47. The van der Waals surface area contributed by atoms with E-state index in [4.69, 9.17) is 4.74 Å². The molecule has 1 N–H and O–H groups in total. The fourth-order valence-electron chi connectivity index (χ4n) is 2.74. The number of piperidine rings is 1. The van der Waals surface area contributed by atoms with E-state index in [1.54, 1.807) is 0 Å². The minimum absolute atomic E-state index is 0.363. The first-order valence-electron chi connectivity index (χ1n) is 7.49. The summed E-state index contributed by atoms with van der Waals surface area (Å²) in [6.07, 6.45) is 2.70. The van der Waals surface area contributed by atoms with Crippen molar-refractivity contribution in [3.8, 4) is 0 Å². The van der Waals surface area contributed by atoms with Gasteiger partial charge in [0.2, 0.25) is 0 Å². The summed E-state index contributed by atoms with van der Waals surface area (Å²) in [5.41, 5.74) is 2.61. The van der Waals surface area contributed by atoms with Gasteiger partial charge in [0.05, 0.1) is 6.10 Å². The van der Waals surface area contributed by atoms with Crippen molar-refractivity contribution >= 4 is 21.6 Å². The Morgan fingerprint density at radius 1 is 1.40 bits per heavy atom. The average molecular weight is 341 g/mol. The van der Waals surface area contributed by atoms with Crippen LogP contribution >= 0.6 is 15.9 Å². The van der Waals surface area contributed by atoms with Gasteiger partial charge in [0.25, 0.3) is 0 Å². The van der Waals surface area contributed by atoms with E-state index in [1.807, 2.05) is 7.05 Å². The van der Waals surface area contributed by atoms with Crippen molar-refractivity contribution in [1.82, 2.24) is 5.32 Å². The number of hydrogen-bond acceptors (Lipinski definition) is 3. The van der Waals surface area contributed by atoms with E-state index in [1.165, 1.54) is 15.7 Å². The number of rotatable bonds is 5. The molecule has 1 aliphatic heterocycles. The van der Waals surface area contributed by atoms with Crippen molar-refractivity contribution in [2.24, 2.45) is 0 Å². The molecule has 20 heavy (non-hydrogen) atoms. The van der Waals surface area contributed by atoms with Crippen molar-refractivity contribution in [1.29, 1.82) is 0 Å². The van der Waals surface area contributed by atoms with Gasteiger partial charge in [-0.05, 0) is 51.4 Å². The molecule has 3 nitrogen and oxygen atoms in total. The molecule has 0 spiro atoms. The predicted octanol–water partition coefficient (Wildman–Crippen LogP) is 3.73. The van der Waals surface area contributed by atoms with E-state index in [9.17, 15) is 0 Å². The molecule has 1 aromatic carbocycles. The van der Waals surface area contributed by atoms with Gasteiger partial charge in [-0.1, -0.05) is 22.0 Å². The highest BCUT2D eigenvalue weighted by Gasteiger charge is 2.20. The second-order valence-corrected chi connectivity index (χ2v) is 6.21. The van der Waals surface area contributed by atoms with Gasteiger partial charge in [-0.3, -0.25) is 0 Å². The van der Waals surface area contributed by atoms with Gasteiger partial charge in [0, 0.05) is 35.9 Å². The summed E-state index contributed by atoms with van der Waals surface area (Å²) in [7, 11) is 1.99.